The van der Waals surface area contributed by atoms with Gasteiger partial charge in [0.2, 0.25) is 0 Å². The average molecular weight is 782 g/mol. The number of rotatable bonds is 9. The van der Waals surface area contributed by atoms with E-state index in [9.17, 15) is 0 Å². The molecule has 0 spiro atoms. The van der Waals surface area contributed by atoms with Gasteiger partial charge >= 0.3 is 0 Å². The second kappa shape index (κ2) is 14.8. The van der Waals surface area contributed by atoms with E-state index in [1.165, 1.54) is 11.1 Å². The maximum Gasteiger partial charge on any atom is 0.169 e. The molecule has 61 heavy (non-hydrogen) atoms. The highest BCUT2D eigenvalue weighted by atomic mass is 15.3. The van der Waals surface area contributed by atoms with Gasteiger partial charge in [0, 0.05) is 49.9 Å². The molecular weight excluding hydrogens is 743 g/mol. The molecule has 0 fully saturated rings. The molecule has 0 amide bonds. The molecule has 0 N–H and O–H groups in total. The van der Waals surface area contributed by atoms with Gasteiger partial charge in [-0.05, 0) is 82.9 Å². The first-order chi connectivity index (χ1) is 30.2. The lowest BCUT2D eigenvalue weighted by Gasteiger charge is -2.14. The lowest BCUT2D eigenvalue weighted by atomic mass is 10.0. The van der Waals surface area contributed by atoms with E-state index in [2.05, 4.69) is 215 Å². The second-order valence-electron chi connectivity index (χ2n) is 15.1. The largest absolute Gasteiger partial charge is 0.309 e. The van der Waals surface area contributed by atoms with Crippen LogP contribution in [0.1, 0.15) is 11.3 Å². The highest BCUT2D eigenvalue weighted by Crippen LogP contribution is 2.43. The van der Waals surface area contributed by atoms with Crippen LogP contribution in [0.15, 0.2) is 213 Å². The number of nitrogens with zero attached hydrogens (tertiary/aromatic N) is 5. The van der Waals surface area contributed by atoms with Crippen molar-refractivity contribution in [1.29, 1.82) is 0 Å². The Bertz CT molecular complexity index is 3440. The summed E-state index contributed by atoms with van der Waals surface area (Å²) in [6, 6.07) is 70.5. The first-order valence-corrected chi connectivity index (χ1v) is 20.5. The van der Waals surface area contributed by atoms with Crippen LogP contribution >= 0.6 is 0 Å². The van der Waals surface area contributed by atoms with Gasteiger partial charge in [0.15, 0.2) is 11.6 Å². The fourth-order valence-corrected chi connectivity index (χ4v) is 9.11. The molecule has 0 aliphatic rings. The van der Waals surface area contributed by atoms with Gasteiger partial charge in [0.25, 0.3) is 0 Å². The van der Waals surface area contributed by atoms with Crippen LogP contribution in [0.4, 0.5) is 0 Å². The molecule has 288 valence electrons. The number of benzene rings is 8. The second-order valence-corrected chi connectivity index (χ2v) is 15.1. The summed E-state index contributed by atoms with van der Waals surface area (Å²) >= 11 is 0. The maximum atomic E-state index is 5.10. The summed E-state index contributed by atoms with van der Waals surface area (Å²) in [5, 5.41) is 13.5. The minimum atomic E-state index is 0.733. The molecule has 8 aromatic carbocycles. The van der Waals surface area contributed by atoms with Crippen LogP contribution in [0.3, 0.4) is 0 Å². The zero-order valence-electron chi connectivity index (χ0n) is 33.4. The summed E-state index contributed by atoms with van der Waals surface area (Å²) in [6.45, 7) is 8.64. The van der Waals surface area contributed by atoms with Crippen molar-refractivity contribution in [2.45, 2.75) is 0 Å². The molecule has 0 radical (unpaired) electrons. The van der Waals surface area contributed by atoms with Crippen LogP contribution < -0.4 is 0 Å². The fraction of sp³-hybridized carbons (Fsp3) is 0. The van der Waals surface area contributed by atoms with Gasteiger partial charge in [0.05, 0.1) is 22.2 Å². The van der Waals surface area contributed by atoms with Crippen LogP contribution in [0.2, 0.25) is 0 Å². The van der Waals surface area contributed by atoms with Gasteiger partial charge in [-0.15, -0.1) is 10.2 Å². The van der Waals surface area contributed by atoms with Crippen molar-refractivity contribution in [1.82, 2.24) is 23.9 Å². The molecule has 5 nitrogen and oxygen atoms in total. The topological polar surface area (TPSA) is 40.6 Å². The van der Waals surface area contributed by atoms with E-state index in [-0.39, 0.29) is 0 Å². The zero-order valence-corrected chi connectivity index (χ0v) is 33.4. The van der Waals surface area contributed by atoms with Crippen LogP contribution in [-0.2, 0) is 0 Å². The Kier molecular flexibility index (Phi) is 8.72. The van der Waals surface area contributed by atoms with Gasteiger partial charge in [-0.25, -0.2) is 0 Å². The lowest BCUT2D eigenvalue weighted by molar-refractivity contribution is 1.08. The summed E-state index contributed by atoms with van der Waals surface area (Å²) in [5.74, 6) is 1.49. The number of hydrogen-bond donors (Lipinski definition) is 0. The van der Waals surface area contributed by atoms with Crippen molar-refractivity contribution < 1.29 is 0 Å². The van der Waals surface area contributed by atoms with Crippen molar-refractivity contribution >= 4 is 44.9 Å². The molecule has 0 aliphatic carbocycles. The van der Waals surface area contributed by atoms with Crippen LogP contribution in [0.5, 0.6) is 0 Å². The van der Waals surface area contributed by atoms with Crippen molar-refractivity contribution in [2.75, 3.05) is 0 Å². The first-order valence-electron chi connectivity index (χ1n) is 20.5. The summed E-state index contributed by atoms with van der Waals surface area (Å²) < 4.78 is 6.86. The lowest BCUT2D eigenvalue weighted by Crippen LogP contribution is -2.01. The van der Waals surface area contributed by atoms with E-state index >= 15 is 0 Å². The Hall–Kier alpha value is -8.28. The van der Waals surface area contributed by atoms with Gasteiger partial charge in [-0.2, -0.15) is 0 Å². The summed E-state index contributed by atoms with van der Waals surface area (Å²) in [7, 11) is 0. The molecule has 3 heterocycles. The Morgan fingerprint density at radius 3 is 1.41 bits per heavy atom. The van der Waals surface area contributed by atoms with E-state index in [0.717, 1.165) is 94.9 Å². The van der Waals surface area contributed by atoms with Crippen molar-refractivity contribution in [3.63, 3.8) is 0 Å². The summed E-state index contributed by atoms with van der Waals surface area (Å²) in [4.78, 5) is 0. The van der Waals surface area contributed by atoms with E-state index < -0.39 is 0 Å². The molecule has 5 heteroatoms. The quantitative estimate of drug-likeness (QED) is 0.146. The van der Waals surface area contributed by atoms with E-state index in [1.54, 1.807) is 0 Å². The van der Waals surface area contributed by atoms with Crippen LogP contribution in [-0.4, -0.2) is 23.9 Å². The van der Waals surface area contributed by atoms with Crippen LogP contribution in [0.25, 0.3) is 107 Å². The molecule has 0 bridgehead atoms. The third-order valence-corrected chi connectivity index (χ3v) is 11.7. The number of para-hydroxylation sites is 2. The van der Waals surface area contributed by atoms with Gasteiger partial charge in [-0.1, -0.05) is 165 Å². The average Bonchev–Trinajstić information content (AvgIpc) is 4.03. The molecule has 11 rings (SSSR count). The standard InChI is InChI=1S/C56H39N5/c1-3-45-49(4-2)59(43-28-16-24-40(36-43)38-20-8-5-9-21-38)51-34-18-31-47(53(45)51)55-57-58-56(61(55)42-26-12-7-13-27-42)48-32-19-35-52-54(48)46-30-14-15-33-50(46)60(52)44-29-17-25-41(37-44)39-22-10-6-11-23-39/h3-37H,1-2H2. The predicted molar refractivity (Wildman–Crippen MR) is 254 cm³/mol. The molecule has 3 aromatic heterocycles. The van der Waals surface area contributed by atoms with Crippen LogP contribution in [0, 0.1) is 0 Å². The molecule has 0 atom stereocenters. The molecular formula is C56H39N5. The fourth-order valence-electron chi connectivity index (χ4n) is 9.11. The maximum absolute atomic E-state index is 5.10. The highest BCUT2D eigenvalue weighted by Gasteiger charge is 2.26. The Morgan fingerprint density at radius 1 is 0.361 bits per heavy atom. The Morgan fingerprint density at radius 2 is 0.820 bits per heavy atom. The monoisotopic (exact) mass is 781 g/mol. The Balaban J connectivity index is 1.15. The number of hydrogen-bond acceptors (Lipinski definition) is 2. The summed E-state index contributed by atoms with van der Waals surface area (Å²) in [6.07, 6.45) is 3.86. The van der Waals surface area contributed by atoms with E-state index in [0.29, 0.717) is 0 Å². The molecule has 0 saturated carbocycles. The van der Waals surface area contributed by atoms with E-state index in [4.69, 9.17) is 10.2 Å². The van der Waals surface area contributed by atoms with E-state index in [1.807, 2.05) is 24.3 Å². The smallest absolute Gasteiger partial charge is 0.169 e. The summed E-state index contributed by atoms with van der Waals surface area (Å²) in [5.41, 5.74) is 14.9. The number of aromatic nitrogens is 5. The van der Waals surface area contributed by atoms with Gasteiger partial charge in [-0.3, -0.25) is 4.57 Å². The normalized spacial score (nSPS) is 11.4. The van der Waals surface area contributed by atoms with Crippen molar-refractivity contribution in [2.24, 2.45) is 0 Å². The molecule has 11 aromatic rings. The van der Waals surface area contributed by atoms with Gasteiger partial charge < -0.3 is 9.13 Å². The SMILES string of the molecule is C=Cc1c(C=C)n(-c2cccc(-c3ccccc3)c2)c2cccc(-c3nnc(-c4cccc5c4c4ccccc4n5-c4cccc(-c5ccccc5)c4)n3-c3ccccc3)c12. The van der Waals surface area contributed by atoms with Gasteiger partial charge in [0.1, 0.15) is 0 Å². The molecule has 0 unspecified atom stereocenters. The minimum absolute atomic E-state index is 0.733. The Labute approximate surface area is 354 Å². The number of fused-ring (bicyclic) bond motifs is 4. The third kappa shape index (κ3) is 5.86. The van der Waals surface area contributed by atoms with Crippen molar-refractivity contribution in [3.8, 4) is 62.1 Å². The predicted octanol–water partition coefficient (Wildman–Crippen LogP) is 14.3. The molecule has 0 aliphatic heterocycles. The molecule has 0 saturated heterocycles. The van der Waals surface area contributed by atoms with Crippen molar-refractivity contribution in [3.05, 3.63) is 225 Å². The third-order valence-electron chi connectivity index (χ3n) is 11.7. The highest BCUT2D eigenvalue weighted by molar-refractivity contribution is 6.15. The zero-order chi connectivity index (χ0) is 40.9. The first kappa shape index (κ1) is 35.8. The minimum Gasteiger partial charge on any atom is -0.309 e.